The van der Waals surface area contributed by atoms with Crippen molar-refractivity contribution in [3.63, 3.8) is 0 Å². The van der Waals surface area contributed by atoms with Crippen molar-refractivity contribution < 1.29 is 24.0 Å². The van der Waals surface area contributed by atoms with Crippen LogP contribution in [0.3, 0.4) is 0 Å². The molecule has 82 valence electrons. The third-order valence-corrected chi connectivity index (χ3v) is 18.0. The maximum Gasteiger partial charge on any atom is -1.00 e. The van der Waals surface area contributed by atoms with E-state index in [0.29, 0.717) is 0 Å². The Morgan fingerprint density at radius 2 is 1.00 bits per heavy atom. The molecule has 0 saturated heterocycles. The summed E-state index contributed by atoms with van der Waals surface area (Å²) < 4.78 is 7.24. The molecular weight excluding hydrogens is 412 g/mol. The second-order valence-corrected chi connectivity index (χ2v) is 14.4. The van der Waals surface area contributed by atoms with Crippen molar-refractivity contribution >= 4 is 25.8 Å². The van der Waals surface area contributed by atoms with Crippen LogP contribution in [0.25, 0.3) is 0 Å². The van der Waals surface area contributed by atoms with Crippen LogP contribution in [-0.2, 0) is 0 Å². The molecule has 0 heterocycles. The van der Waals surface area contributed by atoms with E-state index in [1.54, 1.807) is 0 Å². The second-order valence-electron chi connectivity index (χ2n) is 3.24. The molecule has 0 aromatic rings. The second kappa shape index (κ2) is 7.16. The third-order valence-electron chi connectivity index (χ3n) is 1.81. The topological polar surface area (TPSA) is 9.72 Å². The fourth-order valence-electron chi connectivity index (χ4n) is 1.56. The fourth-order valence-corrected chi connectivity index (χ4v) is 13.1. The van der Waals surface area contributed by atoms with Gasteiger partial charge in [0, 0.05) is 0 Å². The summed E-state index contributed by atoms with van der Waals surface area (Å²) in [5.74, 6) is 0. The van der Waals surface area contributed by atoms with E-state index < -0.39 is 5.41 Å². The van der Waals surface area contributed by atoms with Gasteiger partial charge in [0.1, 0.15) is 0 Å². The van der Waals surface area contributed by atoms with E-state index in [4.69, 9.17) is 0 Å². The van der Waals surface area contributed by atoms with Crippen LogP contribution in [0.15, 0.2) is 0 Å². The van der Waals surface area contributed by atoms with Crippen LogP contribution in [0.4, 0.5) is 0 Å². The Morgan fingerprint density at radius 3 is 1.00 bits per heavy atom. The zero-order chi connectivity index (χ0) is 9.94. The first-order valence-corrected chi connectivity index (χ1v) is 10.9. The van der Waals surface area contributed by atoms with Gasteiger partial charge >= 0.3 is 87.1 Å². The minimum atomic E-state index is -1.06. The minimum absolute atomic E-state index is 0. The van der Waals surface area contributed by atoms with Crippen LogP contribution in [0.1, 0.15) is 0 Å². The van der Waals surface area contributed by atoms with Gasteiger partial charge in [0.2, 0.25) is 0 Å². The van der Waals surface area contributed by atoms with Crippen molar-refractivity contribution in [1.29, 1.82) is 0 Å². The number of hydrogen-bond donors (Lipinski definition) is 0. The first-order valence-electron chi connectivity index (χ1n) is 3.87. The Balaban J connectivity index is 0. The molecule has 6 heteroatoms. The summed E-state index contributed by atoms with van der Waals surface area (Å²) in [7, 11) is 13.2. The standard InChI is InChI=1S/C7H21N3PTe.HI/c1-8(2)11(12-7,9(3)4)10(5)6;/h1-7H3;1H/q+1;/p-1. The average Bonchev–Trinajstić information content (AvgIpc) is 1.86. The molecule has 0 aliphatic carbocycles. The first kappa shape index (κ1) is 17.2. The summed E-state index contributed by atoms with van der Waals surface area (Å²) in [6.07, 6.45) is 0. The molecular formula is C7H21IN3PTe. The Morgan fingerprint density at radius 1 is 0.769 bits per heavy atom. The van der Waals surface area contributed by atoms with Gasteiger partial charge in [-0.1, -0.05) is 0 Å². The molecule has 0 aliphatic heterocycles. The van der Waals surface area contributed by atoms with Gasteiger partial charge in [0.25, 0.3) is 0 Å². The van der Waals surface area contributed by atoms with Crippen LogP contribution in [0.2, 0.25) is 4.97 Å². The first-order chi connectivity index (χ1) is 5.39. The van der Waals surface area contributed by atoms with E-state index in [9.17, 15) is 0 Å². The van der Waals surface area contributed by atoms with Crippen molar-refractivity contribution in [3.05, 3.63) is 0 Å². The predicted molar refractivity (Wildman–Crippen MR) is 59.6 cm³/mol. The van der Waals surface area contributed by atoms with Gasteiger partial charge in [0.05, 0.1) is 0 Å². The molecule has 0 N–H and O–H groups in total. The summed E-state index contributed by atoms with van der Waals surface area (Å²) in [5, 5.41) is -1.06. The Bertz CT molecular complexity index is 122. The fraction of sp³-hybridized carbons (Fsp3) is 1.00. The number of halogens is 1. The van der Waals surface area contributed by atoms with Crippen LogP contribution in [0, 0.1) is 0 Å². The van der Waals surface area contributed by atoms with Gasteiger partial charge in [-0.15, -0.1) is 0 Å². The smallest absolute Gasteiger partial charge is 1.00 e. The maximum atomic E-state index is 2.41. The summed E-state index contributed by atoms with van der Waals surface area (Å²) in [5.41, 5.74) is 0. The largest absolute Gasteiger partial charge is 1.00 e. The minimum Gasteiger partial charge on any atom is -1.00 e. The van der Waals surface area contributed by atoms with Gasteiger partial charge in [-0.2, -0.15) is 0 Å². The van der Waals surface area contributed by atoms with Crippen molar-refractivity contribution in [2.24, 2.45) is 0 Å². The molecule has 0 fully saturated rings. The maximum absolute atomic E-state index is 2.41. The molecule has 3 nitrogen and oxygen atoms in total. The Kier molecular flexibility index (Phi) is 9.49. The van der Waals surface area contributed by atoms with E-state index in [-0.39, 0.29) is 44.4 Å². The van der Waals surface area contributed by atoms with E-state index in [2.05, 4.69) is 61.3 Å². The van der Waals surface area contributed by atoms with Gasteiger partial charge in [-0.05, 0) is 0 Å². The van der Waals surface area contributed by atoms with Crippen molar-refractivity contribution in [2.45, 2.75) is 4.97 Å². The summed E-state index contributed by atoms with van der Waals surface area (Å²) >= 11 is 0.0461. The van der Waals surface area contributed by atoms with E-state index in [1.165, 1.54) is 0 Å². The van der Waals surface area contributed by atoms with E-state index in [1.807, 2.05) is 0 Å². The van der Waals surface area contributed by atoms with Gasteiger partial charge in [-0.3, -0.25) is 0 Å². The van der Waals surface area contributed by atoms with Crippen LogP contribution < -0.4 is 24.0 Å². The van der Waals surface area contributed by atoms with Crippen molar-refractivity contribution in [2.75, 3.05) is 42.3 Å². The zero-order valence-corrected chi connectivity index (χ0v) is 15.0. The summed E-state index contributed by atoms with van der Waals surface area (Å²) in [4.78, 5) is 2.39. The normalized spacial score (nSPS) is 12.5. The molecule has 0 aromatic carbocycles. The Hall–Kier alpha value is 1.83. The average molecular weight is 433 g/mol. The SMILES string of the molecule is C[Te][P+](N(C)C)(N(C)C)N(C)C.[I-]. The molecule has 0 spiro atoms. The van der Waals surface area contributed by atoms with Crippen molar-refractivity contribution in [1.82, 2.24) is 14.0 Å². The third kappa shape index (κ3) is 3.71. The number of rotatable bonds is 4. The monoisotopic (exact) mass is 435 g/mol. The molecule has 13 heavy (non-hydrogen) atoms. The van der Waals surface area contributed by atoms with E-state index >= 15 is 0 Å². The number of nitrogens with zero attached hydrogens (tertiary/aromatic N) is 3. The van der Waals surface area contributed by atoms with Crippen molar-refractivity contribution in [3.8, 4) is 0 Å². The Labute approximate surface area is 110 Å². The van der Waals surface area contributed by atoms with Gasteiger partial charge in [0.15, 0.2) is 0 Å². The zero-order valence-electron chi connectivity index (χ0n) is 9.58. The molecule has 0 rings (SSSR count). The quantitative estimate of drug-likeness (QED) is 0.292. The molecule has 0 aliphatic rings. The molecule has 0 aromatic heterocycles. The molecule has 0 bridgehead atoms. The number of hydrogen-bond acceptors (Lipinski definition) is 3. The van der Waals surface area contributed by atoms with Gasteiger partial charge < -0.3 is 24.0 Å². The van der Waals surface area contributed by atoms with Crippen LogP contribution in [0.5, 0.6) is 0 Å². The molecule has 0 radical (unpaired) electrons. The van der Waals surface area contributed by atoms with E-state index in [0.717, 1.165) is 0 Å². The molecule has 0 amide bonds. The van der Waals surface area contributed by atoms with Crippen LogP contribution >= 0.6 is 5.41 Å². The van der Waals surface area contributed by atoms with Crippen LogP contribution in [-0.4, -0.2) is 76.7 Å². The molecule has 0 unspecified atom stereocenters. The van der Waals surface area contributed by atoms with Gasteiger partial charge in [-0.25, -0.2) is 0 Å². The summed E-state index contributed by atoms with van der Waals surface area (Å²) in [6.45, 7) is 0. The summed E-state index contributed by atoms with van der Waals surface area (Å²) in [6, 6.07) is 0. The molecule has 0 saturated carbocycles. The molecule has 0 atom stereocenters. The predicted octanol–water partition coefficient (Wildman–Crippen LogP) is -1.89.